The van der Waals surface area contributed by atoms with E-state index >= 15 is 0 Å². The average molecular weight is 359 g/mol. The number of rotatable bonds is 4. The highest BCUT2D eigenvalue weighted by molar-refractivity contribution is 7.71. The Balaban J connectivity index is 2.28. The molecule has 0 aliphatic rings. The van der Waals surface area contributed by atoms with E-state index in [1.807, 2.05) is 20.9 Å². The molecule has 2 rings (SSSR count). The fourth-order valence-electron chi connectivity index (χ4n) is 2.03. The zero-order valence-corrected chi connectivity index (χ0v) is 14.7. The quantitative estimate of drug-likeness (QED) is 0.814. The molecule has 1 atom stereocenters. The van der Waals surface area contributed by atoms with Crippen molar-refractivity contribution in [3.8, 4) is 0 Å². The highest BCUT2D eigenvalue weighted by Crippen LogP contribution is 2.24. The van der Waals surface area contributed by atoms with E-state index in [9.17, 15) is 4.79 Å². The van der Waals surface area contributed by atoms with Gasteiger partial charge in [0, 0.05) is 12.6 Å². The van der Waals surface area contributed by atoms with Crippen LogP contribution in [-0.4, -0.2) is 20.7 Å². The van der Waals surface area contributed by atoms with Crippen LogP contribution in [0.25, 0.3) is 0 Å². The third-order valence-corrected chi connectivity index (χ3v) is 4.43. The number of aromatic nitrogens is 3. The molecule has 2 aromatic rings. The first-order valence-corrected chi connectivity index (χ1v) is 7.85. The molecule has 1 heterocycles. The molecule has 5 nitrogen and oxygen atoms in total. The Morgan fingerprint density at radius 1 is 1.36 bits per heavy atom. The number of halogens is 2. The number of nitrogens with zero attached hydrogens (tertiary/aromatic N) is 2. The molecule has 22 heavy (non-hydrogen) atoms. The monoisotopic (exact) mass is 358 g/mol. The third-order valence-electron chi connectivity index (χ3n) is 3.33. The zero-order chi connectivity index (χ0) is 16.4. The second-order valence-corrected chi connectivity index (χ2v) is 6.47. The van der Waals surface area contributed by atoms with Gasteiger partial charge in [-0.05, 0) is 36.3 Å². The number of hydrogen-bond donors (Lipinski definition) is 2. The molecule has 1 aromatic carbocycles. The lowest BCUT2D eigenvalue weighted by atomic mass is 10.0. The van der Waals surface area contributed by atoms with Gasteiger partial charge < -0.3 is 9.88 Å². The minimum atomic E-state index is -0.278. The zero-order valence-electron chi connectivity index (χ0n) is 12.4. The summed E-state index contributed by atoms with van der Waals surface area (Å²) in [5.74, 6) is 0.565. The number of H-pyrrole nitrogens is 1. The summed E-state index contributed by atoms with van der Waals surface area (Å²) in [4.78, 5) is 12.4. The van der Waals surface area contributed by atoms with Gasteiger partial charge in [0.2, 0.25) is 0 Å². The second kappa shape index (κ2) is 6.81. The van der Waals surface area contributed by atoms with Crippen LogP contribution >= 0.6 is 35.4 Å². The Labute approximate surface area is 143 Å². The SMILES string of the molecule is CC(C)C(NC(=O)c1ccc(Cl)c(Cl)c1)c1n[nH]c(=S)n1C. The molecule has 0 spiro atoms. The van der Waals surface area contributed by atoms with Gasteiger partial charge in [-0.15, -0.1) is 0 Å². The summed E-state index contributed by atoms with van der Waals surface area (Å²) >= 11 is 16.9. The van der Waals surface area contributed by atoms with E-state index in [4.69, 9.17) is 35.4 Å². The number of nitrogens with one attached hydrogen (secondary N) is 2. The van der Waals surface area contributed by atoms with Gasteiger partial charge in [-0.1, -0.05) is 37.0 Å². The maximum Gasteiger partial charge on any atom is 0.251 e. The molecule has 2 N–H and O–H groups in total. The summed E-state index contributed by atoms with van der Waals surface area (Å²) in [6, 6.07) is 4.49. The fraction of sp³-hybridized carbons (Fsp3) is 0.357. The molecular formula is C14H16Cl2N4OS. The number of aromatic amines is 1. The van der Waals surface area contributed by atoms with Gasteiger partial charge in [0.05, 0.1) is 16.1 Å². The van der Waals surface area contributed by atoms with Crippen LogP contribution in [0.15, 0.2) is 18.2 Å². The highest BCUT2D eigenvalue weighted by Gasteiger charge is 2.23. The Morgan fingerprint density at radius 2 is 2.05 bits per heavy atom. The van der Waals surface area contributed by atoms with Gasteiger partial charge in [-0.3, -0.25) is 9.89 Å². The van der Waals surface area contributed by atoms with Gasteiger partial charge in [-0.2, -0.15) is 5.10 Å². The summed E-state index contributed by atoms with van der Waals surface area (Å²) in [5, 5.41) is 10.6. The van der Waals surface area contributed by atoms with Gasteiger partial charge in [-0.25, -0.2) is 0 Å². The molecule has 0 aliphatic heterocycles. The van der Waals surface area contributed by atoms with E-state index in [0.717, 1.165) is 0 Å². The van der Waals surface area contributed by atoms with Crippen molar-refractivity contribution in [3.05, 3.63) is 44.4 Å². The predicted octanol–water partition coefficient (Wildman–Crippen LogP) is 3.91. The number of benzene rings is 1. The summed E-state index contributed by atoms with van der Waals surface area (Å²) in [6.45, 7) is 4.00. The van der Waals surface area contributed by atoms with Crippen molar-refractivity contribution in [3.63, 3.8) is 0 Å². The van der Waals surface area contributed by atoms with Crippen LogP contribution < -0.4 is 5.32 Å². The minimum absolute atomic E-state index is 0.135. The third kappa shape index (κ3) is 3.51. The molecule has 1 unspecified atom stereocenters. The molecule has 1 aromatic heterocycles. The number of carbonyl (C=O) groups excluding carboxylic acids is 1. The Bertz CT molecular complexity index is 754. The van der Waals surface area contributed by atoms with E-state index in [-0.39, 0.29) is 17.9 Å². The second-order valence-electron chi connectivity index (χ2n) is 5.27. The van der Waals surface area contributed by atoms with E-state index < -0.39 is 0 Å². The first-order valence-electron chi connectivity index (χ1n) is 6.68. The fourth-order valence-corrected chi connectivity index (χ4v) is 2.47. The molecule has 0 fully saturated rings. The van der Waals surface area contributed by atoms with Gasteiger partial charge in [0.25, 0.3) is 5.91 Å². The molecule has 0 radical (unpaired) electrons. The summed E-state index contributed by atoms with van der Waals surface area (Å²) in [7, 11) is 1.81. The van der Waals surface area contributed by atoms with Crippen molar-refractivity contribution in [2.24, 2.45) is 13.0 Å². The van der Waals surface area contributed by atoms with Crippen LogP contribution in [-0.2, 0) is 7.05 Å². The Morgan fingerprint density at radius 3 is 2.55 bits per heavy atom. The highest BCUT2D eigenvalue weighted by atomic mass is 35.5. The van der Waals surface area contributed by atoms with E-state index in [1.165, 1.54) is 0 Å². The van der Waals surface area contributed by atoms with E-state index in [0.29, 0.717) is 26.2 Å². The number of carbonyl (C=O) groups is 1. The van der Waals surface area contributed by atoms with Crippen molar-refractivity contribution in [1.82, 2.24) is 20.1 Å². The van der Waals surface area contributed by atoms with Crippen LogP contribution in [0.2, 0.25) is 10.0 Å². The van der Waals surface area contributed by atoms with Crippen molar-refractivity contribution in [1.29, 1.82) is 0 Å². The Kier molecular flexibility index (Phi) is 5.26. The lowest BCUT2D eigenvalue weighted by Gasteiger charge is -2.21. The molecule has 0 saturated carbocycles. The molecular weight excluding hydrogens is 343 g/mol. The molecule has 1 amide bonds. The van der Waals surface area contributed by atoms with Crippen molar-refractivity contribution < 1.29 is 4.79 Å². The Hall–Kier alpha value is -1.37. The summed E-state index contributed by atoms with van der Waals surface area (Å²) in [6.07, 6.45) is 0. The minimum Gasteiger partial charge on any atom is -0.342 e. The normalized spacial score (nSPS) is 12.5. The number of hydrogen-bond acceptors (Lipinski definition) is 3. The van der Waals surface area contributed by atoms with Crippen LogP contribution in [0.1, 0.15) is 36.1 Å². The van der Waals surface area contributed by atoms with Gasteiger partial charge >= 0.3 is 0 Å². The molecule has 118 valence electrons. The average Bonchev–Trinajstić information content (AvgIpc) is 2.79. The van der Waals surface area contributed by atoms with E-state index in [2.05, 4.69) is 15.5 Å². The lowest BCUT2D eigenvalue weighted by molar-refractivity contribution is 0.0922. The molecule has 8 heteroatoms. The number of amides is 1. The van der Waals surface area contributed by atoms with Crippen LogP contribution in [0.4, 0.5) is 0 Å². The molecule has 0 bridgehead atoms. The maximum atomic E-state index is 12.4. The van der Waals surface area contributed by atoms with Crippen molar-refractivity contribution in [2.75, 3.05) is 0 Å². The van der Waals surface area contributed by atoms with Gasteiger partial charge in [0.15, 0.2) is 10.6 Å². The van der Waals surface area contributed by atoms with Crippen LogP contribution in [0.3, 0.4) is 0 Å². The summed E-state index contributed by atoms with van der Waals surface area (Å²) < 4.78 is 2.25. The molecule has 0 aliphatic carbocycles. The van der Waals surface area contributed by atoms with Gasteiger partial charge in [0.1, 0.15) is 0 Å². The lowest BCUT2D eigenvalue weighted by Crippen LogP contribution is -2.33. The first-order chi connectivity index (χ1) is 10.3. The first kappa shape index (κ1) is 17.0. The van der Waals surface area contributed by atoms with E-state index in [1.54, 1.807) is 22.8 Å². The van der Waals surface area contributed by atoms with Crippen LogP contribution in [0.5, 0.6) is 0 Å². The van der Waals surface area contributed by atoms with Crippen molar-refractivity contribution in [2.45, 2.75) is 19.9 Å². The van der Waals surface area contributed by atoms with Crippen LogP contribution in [0, 0.1) is 10.7 Å². The maximum absolute atomic E-state index is 12.4. The summed E-state index contributed by atoms with van der Waals surface area (Å²) in [5.41, 5.74) is 0.442. The topological polar surface area (TPSA) is 62.7 Å². The smallest absolute Gasteiger partial charge is 0.251 e. The van der Waals surface area contributed by atoms with Crippen molar-refractivity contribution >= 4 is 41.3 Å². The largest absolute Gasteiger partial charge is 0.342 e. The standard InChI is InChI=1S/C14H16Cl2N4OS/c1-7(2)11(12-18-19-14(22)20(12)3)17-13(21)8-4-5-9(15)10(16)6-8/h4-7,11H,1-3H3,(H,17,21)(H,19,22). The predicted molar refractivity (Wildman–Crippen MR) is 89.9 cm³/mol. The molecule has 0 saturated heterocycles.